The zero-order chi connectivity index (χ0) is 89.6. The van der Waals surface area contributed by atoms with E-state index in [1.54, 1.807) is 0 Å². The molecule has 0 saturated heterocycles. The van der Waals surface area contributed by atoms with Crippen LogP contribution in [-0.4, -0.2) is 221 Å². The van der Waals surface area contributed by atoms with Crippen LogP contribution in [0.2, 0.25) is 0 Å². The molecule has 684 valence electrons. The summed E-state index contributed by atoms with van der Waals surface area (Å²) in [6.07, 6.45) is 14.4. The zero-order valence-corrected chi connectivity index (χ0v) is 74.0. The summed E-state index contributed by atoms with van der Waals surface area (Å²) in [4.78, 5) is 147. The van der Waals surface area contributed by atoms with E-state index in [9.17, 15) is 52.7 Å². The van der Waals surface area contributed by atoms with E-state index in [1.807, 2.05) is 130 Å². The molecule has 37 nitrogen and oxygen atoms in total. The van der Waals surface area contributed by atoms with Gasteiger partial charge in [0.1, 0.15) is 0 Å². The largest absolute Gasteiger partial charge is 0.370 e. The summed E-state index contributed by atoms with van der Waals surface area (Å²) >= 11 is 0. The Morgan fingerprint density at radius 1 is 0.322 bits per heavy atom. The first-order valence-electron chi connectivity index (χ1n) is 43.7. The third-order valence-electron chi connectivity index (χ3n) is 20.8. The first-order valence-corrected chi connectivity index (χ1v) is 43.7. The lowest BCUT2D eigenvalue weighted by atomic mass is 9.99. The molecular formula is C84H152N26O11. The van der Waals surface area contributed by atoms with Crippen LogP contribution >= 0.6 is 0 Å². The first kappa shape index (κ1) is 105. The van der Waals surface area contributed by atoms with Gasteiger partial charge in [-0.25, -0.2) is 43.2 Å². The van der Waals surface area contributed by atoms with Crippen molar-refractivity contribution in [1.29, 1.82) is 0 Å². The molecule has 2 aromatic carbocycles. The Morgan fingerprint density at radius 3 is 1.00 bits per heavy atom. The van der Waals surface area contributed by atoms with Crippen molar-refractivity contribution >= 4 is 87.9 Å². The van der Waals surface area contributed by atoms with Gasteiger partial charge in [-0.3, -0.25) is 9.59 Å². The number of hydrogen-bond donors (Lipinski definition) is 26. The predicted molar refractivity (Wildman–Crippen MR) is 479 cm³/mol. The van der Waals surface area contributed by atoms with Gasteiger partial charge in [0.05, 0.1) is 18.1 Å². The molecular weight excluding hydrogens is 1550 g/mol. The van der Waals surface area contributed by atoms with Gasteiger partial charge in [0.15, 0.2) is 0 Å². The van der Waals surface area contributed by atoms with E-state index < -0.39 is 78.3 Å². The molecule has 31 N–H and O–H groups in total. The fourth-order valence-electron chi connectivity index (χ4n) is 13.1. The molecule has 0 aliphatic rings. The van der Waals surface area contributed by atoms with Crippen molar-refractivity contribution in [2.75, 3.05) is 78.5 Å². The first-order chi connectivity index (χ1) is 57.8. The Kier molecular flexibility index (Phi) is 52.2. The Labute approximate surface area is 716 Å². The molecule has 10 atom stereocenters. The van der Waals surface area contributed by atoms with Crippen molar-refractivity contribution in [1.82, 2.24) is 111 Å². The highest BCUT2D eigenvalue weighted by Gasteiger charge is 2.27. The SMILES string of the molecule is CC(C)NC(=O)N[C@H](CNC(=O)N[C@@H](CCCCN)CNC(=O)N[C@H](CNC(=O)N[C@@H](CCCCN)CNC(=O)N[C@H](CCC(=O)N[C@H](C)C(C)C)Cc1c[nH]c2ccccc12)C(C)C)C(C)C.CCNC(=O)N[C@@H](CCCCN)CNC(=O)N[C@H](CNC(=O)N[C@@H](CCCCN)CNC(=O)N[C@H](CCC(N)=O)C(C)C)Cc1c[nH]c2ccccc12. The van der Waals surface area contributed by atoms with Crippen LogP contribution < -0.4 is 130 Å². The smallest absolute Gasteiger partial charge is 0.315 e. The molecule has 0 radical (unpaired) electrons. The molecule has 0 aliphatic carbocycles. The van der Waals surface area contributed by atoms with Gasteiger partial charge < -0.3 is 140 Å². The number of carbonyl (C=O) groups is 11. The number of fused-ring (bicyclic) bond motifs is 2. The monoisotopic (exact) mass is 1700 g/mol. The van der Waals surface area contributed by atoms with Crippen LogP contribution in [-0.2, 0) is 22.4 Å². The maximum Gasteiger partial charge on any atom is 0.315 e. The van der Waals surface area contributed by atoms with Crippen molar-refractivity contribution in [3.8, 4) is 0 Å². The van der Waals surface area contributed by atoms with Crippen molar-refractivity contribution < 1.29 is 52.7 Å². The normalized spacial score (nSPS) is 13.7. The van der Waals surface area contributed by atoms with E-state index in [0.717, 1.165) is 84.3 Å². The lowest BCUT2D eigenvalue weighted by Crippen LogP contribution is -2.56. The number of nitrogens with two attached hydrogens (primary N) is 5. The van der Waals surface area contributed by atoms with Gasteiger partial charge in [0.2, 0.25) is 11.8 Å². The number of H-pyrrole nitrogens is 2. The minimum absolute atomic E-state index is 0.0233. The second-order valence-corrected chi connectivity index (χ2v) is 32.9. The van der Waals surface area contributed by atoms with E-state index in [4.69, 9.17) is 28.7 Å². The van der Waals surface area contributed by atoms with Crippen LogP contribution in [0.1, 0.15) is 197 Å². The maximum atomic E-state index is 13.4. The Balaban J connectivity index is 0.000000645. The maximum absolute atomic E-state index is 13.4. The van der Waals surface area contributed by atoms with E-state index >= 15 is 0 Å². The Morgan fingerprint density at radius 2 is 0.645 bits per heavy atom. The summed E-state index contributed by atoms with van der Waals surface area (Å²) in [6.45, 7) is 26.9. The summed E-state index contributed by atoms with van der Waals surface area (Å²) in [7, 11) is 0. The fourth-order valence-corrected chi connectivity index (χ4v) is 13.1. The van der Waals surface area contributed by atoms with Gasteiger partial charge in [-0.2, -0.15) is 0 Å². The molecule has 4 rings (SSSR count). The Hall–Kier alpha value is -10.3. The number of para-hydroxylation sites is 2. The second kappa shape index (κ2) is 60.3. The minimum Gasteiger partial charge on any atom is -0.370 e. The zero-order valence-electron chi connectivity index (χ0n) is 74.0. The van der Waals surface area contributed by atoms with E-state index in [-0.39, 0.29) is 137 Å². The molecule has 20 amide bonds. The van der Waals surface area contributed by atoms with E-state index in [1.165, 1.54) is 0 Å². The van der Waals surface area contributed by atoms with Crippen LogP contribution in [0.3, 0.4) is 0 Å². The van der Waals surface area contributed by atoms with E-state index in [2.05, 4.69) is 125 Å². The molecule has 121 heavy (non-hydrogen) atoms. The van der Waals surface area contributed by atoms with Crippen LogP contribution in [0.5, 0.6) is 0 Å². The van der Waals surface area contributed by atoms with E-state index in [0.29, 0.717) is 84.1 Å². The number of benzene rings is 2. The summed E-state index contributed by atoms with van der Waals surface area (Å²) in [5, 5.41) is 57.4. The third kappa shape index (κ3) is 46.4. The number of aromatic amines is 2. The molecule has 4 aromatic rings. The van der Waals surface area contributed by atoms with Crippen LogP contribution in [0.25, 0.3) is 21.8 Å². The molecule has 2 heterocycles. The number of amides is 20. The molecule has 0 aliphatic heterocycles. The average molecular weight is 1700 g/mol. The van der Waals surface area contributed by atoms with Crippen molar-refractivity contribution in [3.05, 3.63) is 72.1 Å². The van der Waals surface area contributed by atoms with Crippen molar-refractivity contribution in [2.45, 2.75) is 265 Å². The topological polar surface area (TPSA) is 578 Å². The number of unbranched alkanes of at least 4 members (excludes halogenated alkanes) is 4. The molecule has 2 aromatic heterocycles. The number of primary amides is 1. The Bertz CT molecular complexity index is 3670. The van der Waals surface area contributed by atoms with Gasteiger partial charge in [-0.05, 0) is 178 Å². The number of nitrogens with one attached hydrogen (secondary N) is 21. The quantitative estimate of drug-likeness (QED) is 0.0241. The number of carbonyl (C=O) groups excluding carboxylic acids is 11. The number of hydrogen-bond acceptors (Lipinski definition) is 15. The van der Waals surface area contributed by atoms with Gasteiger partial charge in [0, 0.05) is 148 Å². The highest BCUT2D eigenvalue weighted by atomic mass is 16.2. The van der Waals surface area contributed by atoms with Gasteiger partial charge >= 0.3 is 54.3 Å². The minimum atomic E-state index is -0.500. The average Bonchev–Trinajstić information content (AvgIpc) is 1.69. The van der Waals surface area contributed by atoms with Gasteiger partial charge in [0.25, 0.3) is 0 Å². The summed E-state index contributed by atoms with van der Waals surface area (Å²) in [6, 6.07) is 8.76. The van der Waals surface area contributed by atoms with Crippen molar-refractivity contribution in [3.63, 3.8) is 0 Å². The van der Waals surface area contributed by atoms with Crippen LogP contribution in [0, 0.1) is 23.7 Å². The summed E-state index contributed by atoms with van der Waals surface area (Å²) in [5.74, 6) is -0.120. The lowest BCUT2D eigenvalue weighted by molar-refractivity contribution is -0.122. The molecule has 0 bridgehead atoms. The molecule has 0 saturated carbocycles. The predicted octanol–water partition coefficient (Wildman–Crippen LogP) is 5.55. The standard InChI is InChI=1S/C48H88N14O6.C36H64N12O5/c1-30(2)34(9)57-43(63)21-20-36(24-35-25-51-40-19-11-10-18-39(35)40)58-44(64)52-26-37(16-12-14-22-49)59-45(65)54-28-41(31(3)4)61-47(67)53-27-38(17-13-15-23-50)60-46(66)55-29-42(32(5)6)62-48(68)56-33(7)8;1-4-40-33(50)45-26(11-7-9-17-37)21-42-35(52)47-28(19-25-20-41-31-14-6-5-13-29(25)31)23-44-34(51)46-27(12-8-10-18-38)22-43-36(53)48-30(24(2)3)15-16-32(39)49/h10-11,18-19,25,30-34,36-38,41-42,51H,12-17,20-24,26-29,49-50H2,1-9H3,(H,57,63)(H2,52,58,64)(H2,53,61,67)(H2,54,59,65)(H2,55,60,66)(H2,56,62,68);5-6,13-14,20,24,26-28,30,41H,4,7-12,15-19,21-23,37-38H2,1-3H3,(H2,39,49)(H2,40,45,50)(H2,42,47,52)(H2,43,48,53)(H2,44,46,51)/t34-,36-,37+,38+,41-,42-;26-,27-,28-,30+/m10/s1. The van der Waals surface area contributed by atoms with Crippen LogP contribution in [0.15, 0.2) is 60.9 Å². The number of aromatic nitrogens is 2. The van der Waals surface area contributed by atoms with Crippen LogP contribution in [0.4, 0.5) is 43.2 Å². The second-order valence-electron chi connectivity index (χ2n) is 32.9. The summed E-state index contributed by atoms with van der Waals surface area (Å²) in [5.41, 5.74) is 32.1. The molecule has 0 spiro atoms. The third-order valence-corrected chi connectivity index (χ3v) is 20.8. The highest BCUT2D eigenvalue weighted by molar-refractivity contribution is 5.85. The fraction of sp³-hybridized carbons (Fsp3) is 0.679. The highest BCUT2D eigenvalue weighted by Crippen LogP contribution is 2.22. The summed E-state index contributed by atoms with van der Waals surface area (Å²) < 4.78 is 0. The number of rotatable bonds is 56. The lowest BCUT2D eigenvalue weighted by Gasteiger charge is -2.26. The molecule has 0 unspecified atom stereocenters. The van der Waals surface area contributed by atoms with Gasteiger partial charge in [-0.1, -0.05) is 117 Å². The van der Waals surface area contributed by atoms with Gasteiger partial charge in [-0.15, -0.1) is 0 Å². The molecule has 37 heteroatoms. The number of urea groups is 9. The molecule has 0 fully saturated rings. The van der Waals surface area contributed by atoms with Crippen molar-refractivity contribution in [2.24, 2.45) is 52.3 Å².